The lowest BCUT2D eigenvalue weighted by molar-refractivity contribution is -0.743. The lowest BCUT2D eigenvalue weighted by atomic mass is 9.61. The van der Waals surface area contributed by atoms with Crippen LogP contribution in [-0.4, -0.2) is 4.57 Å². The summed E-state index contributed by atoms with van der Waals surface area (Å²) >= 11 is 1.97. The summed E-state index contributed by atoms with van der Waals surface area (Å²) in [7, 11) is 0. The molecule has 42 heavy (non-hydrogen) atoms. The fourth-order valence-corrected chi connectivity index (χ4v) is 9.30. The number of hydrogen-bond acceptors (Lipinski definition) is 1. The number of aromatic nitrogens is 2. The Bertz CT molecular complexity index is 2000. The highest BCUT2D eigenvalue weighted by atomic mass is 32.1. The molecule has 0 radical (unpaired) electrons. The molecule has 2 atom stereocenters. The largest absolute Gasteiger partial charge is 0.295 e. The Hall–Kier alpha value is -3.43. The first-order valence-corrected chi connectivity index (χ1v) is 16.6. The minimum Gasteiger partial charge on any atom is -0.216 e. The molecule has 214 valence electrons. The Kier molecular flexibility index (Phi) is 6.23. The Morgan fingerprint density at radius 2 is 1.45 bits per heavy atom. The summed E-state index contributed by atoms with van der Waals surface area (Å²) in [5, 5.41) is 2.82. The first-order chi connectivity index (χ1) is 20.2. The monoisotopic (exact) mass is 571 g/mol. The Labute approximate surface area is 254 Å². The zero-order valence-electron chi connectivity index (χ0n) is 26.4. The SMILES string of the molecule is CCC1(C)c2ccccc2-c2n(-c3c(C(C)C)cc(C(C)C)c4c3sc3ccccc34)c3ccccc3[n+]2C1(C)CC. The molecule has 1 aliphatic heterocycles. The van der Waals surface area contributed by atoms with Crippen LogP contribution in [0.1, 0.15) is 96.8 Å². The standard InChI is InChI=1S/C39H43N2S/c1-9-38(7)30-19-13-11-17-26(30)37-40(31-20-14-15-21-32(31)41(37)39(38,8)10-2)35-29(25(5)6)23-28(24(3)4)34-27-18-12-16-22-33(27)42-36(34)35/h11-25H,9-10H2,1-8H3/q+1. The third-order valence-electron chi connectivity index (χ3n) is 10.8. The predicted octanol–water partition coefficient (Wildman–Crippen LogP) is 11.0. The topological polar surface area (TPSA) is 8.81 Å². The molecular formula is C39H43N2S+. The van der Waals surface area contributed by atoms with E-state index in [2.05, 4.69) is 143 Å². The van der Waals surface area contributed by atoms with E-state index in [-0.39, 0.29) is 11.0 Å². The van der Waals surface area contributed by atoms with Crippen LogP contribution in [0.5, 0.6) is 0 Å². The minimum absolute atomic E-state index is 0.000274. The average molecular weight is 572 g/mol. The van der Waals surface area contributed by atoms with Crippen molar-refractivity contribution in [3.8, 4) is 17.1 Å². The van der Waals surface area contributed by atoms with Crippen molar-refractivity contribution in [1.82, 2.24) is 4.57 Å². The van der Waals surface area contributed by atoms with Crippen molar-refractivity contribution in [3.63, 3.8) is 0 Å². The lowest BCUT2D eigenvalue weighted by Gasteiger charge is -2.47. The van der Waals surface area contributed by atoms with Crippen LogP contribution < -0.4 is 4.57 Å². The van der Waals surface area contributed by atoms with Gasteiger partial charge in [0.1, 0.15) is 5.54 Å². The number of nitrogens with zero attached hydrogens (tertiary/aromatic N) is 2. The van der Waals surface area contributed by atoms with Gasteiger partial charge in [0.2, 0.25) is 0 Å². The van der Waals surface area contributed by atoms with Gasteiger partial charge in [0.25, 0.3) is 5.82 Å². The molecular weight excluding hydrogens is 529 g/mol. The molecule has 0 N–H and O–H groups in total. The van der Waals surface area contributed by atoms with Gasteiger partial charge < -0.3 is 0 Å². The number of thiophene rings is 1. The maximum absolute atomic E-state index is 2.73. The van der Waals surface area contributed by atoms with E-state index in [0.717, 1.165) is 12.8 Å². The van der Waals surface area contributed by atoms with Crippen molar-refractivity contribution in [2.24, 2.45) is 0 Å². The minimum atomic E-state index is -0.0918. The highest BCUT2D eigenvalue weighted by Crippen LogP contribution is 2.53. The first-order valence-electron chi connectivity index (χ1n) is 15.8. The average Bonchev–Trinajstić information content (AvgIpc) is 3.56. The summed E-state index contributed by atoms with van der Waals surface area (Å²) < 4.78 is 8.17. The summed E-state index contributed by atoms with van der Waals surface area (Å²) in [4.78, 5) is 0. The summed E-state index contributed by atoms with van der Waals surface area (Å²) in [5.74, 6) is 2.14. The second kappa shape index (κ2) is 9.54. The maximum atomic E-state index is 2.73. The predicted molar refractivity (Wildman–Crippen MR) is 182 cm³/mol. The smallest absolute Gasteiger partial charge is 0.216 e. The van der Waals surface area contributed by atoms with Crippen LogP contribution in [0.3, 0.4) is 0 Å². The molecule has 0 amide bonds. The van der Waals surface area contributed by atoms with Gasteiger partial charge >= 0.3 is 0 Å². The zero-order chi connectivity index (χ0) is 29.6. The van der Waals surface area contributed by atoms with Gasteiger partial charge in [0.15, 0.2) is 16.7 Å². The molecule has 2 aromatic heterocycles. The second-order valence-corrected chi connectivity index (χ2v) is 14.4. The van der Waals surface area contributed by atoms with Crippen LogP contribution in [0, 0.1) is 0 Å². The fourth-order valence-electron chi connectivity index (χ4n) is 8.02. The molecule has 0 spiro atoms. The van der Waals surface area contributed by atoms with E-state index in [4.69, 9.17) is 0 Å². The van der Waals surface area contributed by atoms with E-state index in [1.165, 1.54) is 65.0 Å². The molecule has 3 heterocycles. The van der Waals surface area contributed by atoms with Gasteiger partial charge in [-0.2, -0.15) is 4.57 Å². The number of benzene rings is 4. The van der Waals surface area contributed by atoms with Crippen LogP contribution in [0.4, 0.5) is 0 Å². The van der Waals surface area contributed by atoms with Crippen molar-refractivity contribution < 1.29 is 4.57 Å². The van der Waals surface area contributed by atoms with Gasteiger partial charge in [-0.25, -0.2) is 4.57 Å². The first kappa shape index (κ1) is 27.4. The van der Waals surface area contributed by atoms with Gasteiger partial charge in [-0.05, 0) is 67.0 Å². The molecule has 1 aliphatic rings. The van der Waals surface area contributed by atoms with Gasteiger partial charge in [0.05, 0.1) is 10.3 Å². The molecule has 2 nitrogen and oxygen atoms in total. The number of rotatable bonds is 5. The molecule has 3 heteroatoms. The van der Waals surface area contributed by atoms with E-state index >= 15 is 0 Å². The van der Waals surface area contributed by atoms with Crippen LogP contribution in [0.2, 0.25) is 0 Å². The number of hydrogen-bond donors (Lipinski definition) is 0. The molecule has 0 saturated carbocycles. The summed E-state index contributed by atoms with van der Waals surface area (Å²) in [5.41, 5.74) is 9.61. The van der Waals surface area contributed by atoms with Gasteiger partial charge in [-0.1, -0.05) is 103 Å². The van der Waals surface area contributed by atoms with Crippen molar-refractivity contribution >= 4 is 42.5 Å². The van der Waals surface area contributed by atoms with Gasteiger partial charge in [-0.15, -0.1) is 11.3 Å². The normalized spacial score (nSPS) is 20.2. The molecule has 0 aliphatic carbocycles. The molecule has 6 aromatic rings. The number of imidazole rings is 1. The maximum Gasteiger partial charge on any atom is 0.295 e. The highest BCUT2D eigenvalue weighted by Gasteiger charge is 2.56. The Morgan fingerprint density at radius 3 is 2.17 bits per heavy atom. The van der Waals surface area contributed by atoms with E-state index in [9.17, 15) is 0 Å². The molecule has 0 bridgehead atoms. The van der Waals surface area contributed by atoms with E-state index in [0.29, 0.717) is 11.8 Å². The fraction of sp³-hybridized carbons (Fsp3) is 0.359. The summed E-state index contributed by atoms with van der Waals surface area (Å²) in [6, 6.07) is 30.0. The quantitative estimate of drug-likeness (QED) is 0.182. The van der Waals surface area contributed by atoms with E-state index in [1.807, 2.05) is 11.3 Å². The summed E-state index contributed by atoms with van der Waals surface area (Å²) in [6.45, 7) is 19.2. The molecule has 0 saturated heterocycles. The van der Waals surface area contributed by atoms with E-state index < -0.39 is 0 Å². The molecule has 0 fully saturated rings. The van der Waals surface area contributed by atoms with Crippen molar-refractivity contribution in [2.75, 3.05) is 0 Å². The summed E-state index contributed by atoms with van der Waals surface area (Å²) in [6.07, 6.45) is 2.14. The molecule has 2 unspecified atom stereocenters. The van der Waals surface area contributed by atoms with Crippen molar-refractivity contribution in [3.05, 3.63) is 95.6 Å². The van der Waals surface area contributed by atoms with Gasteiger partial charge in [-0.3, -0.25) is 0 Å². The highest BCUT2D eigenvalue weighted by molar-refractivity contribution is 7.26. The Balaban J connectivity index is 1.76. The number of fused-ring (bicyclic) bond motifs is 8. The van der Waals surface area contributed by atoms with Crippen LogP contribution in [0.15, 0.2) is 78.9 Å². The second-order valence-electron chi connectivity index (χ2n) is 13.4. The zero-order valence-corrected chi connectivity index (χ0v) is 27.2. The van der Waals surface area contributed by atoms with E-state index in [1.54, 1.807) is 0 Å². The Morgan fingerprint density at radius 1 is 0.786 bits per heavy atom. The van der Waals surface area contributed by atoms with Crippen LogP contribution in [0.25, 0.3) is 48.3 Å². The molecule has 7 rings (SSSR count). The van der Waals surface area contributed by atoms with Crippen LogP contribution >= 0.6 is 11.3 Å². The van der Waals surface area contributed by atoms with Crippen molar-refractivity contribution in [1.29, 1.82) is 0 Å². The van der Waals surface area contributed by atoms with Crippen molar-refractivity contribution in [2.45, 2.75) is 91.0 Å². The van der Waals surface area contributed by atoms with Gasteiger partial charge in [0, 0.05) is 26.5 Å². The third-order valence-corrected chi connectivity index (χ3v) is 12.0. The third kappa shape index (κ3) is 3.41. The number of para-hydroxylation sites is 2. The molecule has 4 aromatic carbocycles. The van der Waals surface area contributed by atoms with Crippen LogP contribution in [-0.2, 0) is 11.0 Å². The lowest BCUT2D eigenvalue weighted by Crippen LogP contribution is -2.67.